The van der Waals surface area contributed by atoms with Gasteiger partial charge in [0.05, 0.1) is 31.5 Å². The van der Waals surface area contributed by atoms with Gasteiger partial charge in [0.25, 0.3) is 5.91 Å². The normalized spacial score (nSPS) is 13.7. The minimum atomic E-state index is -4.49. The molecule has 0 aromatic heterocycles. The van der Waals surface area contributed by atoms with Gasteiger partial charge in [-0.3, -0.25) is 4.79 Å². The zero-order valence-corrected chi connectivity index (χ0v) is 13.9. The molecule has 0 bridgehead atoms. The third-order valence-corrected chi connectivity index (χ3v) is 3.76. The first-order valence-electron chi connectivity index (χ1n) is 7.85. The quantitative estimate of drug-likeness (QED) is 0.886. The van der Waals surface area contributed by atoms with Gasteiger partial charge in [-0.2, -0.15) is 13.2 Å². The van der Waals surface area contributed by atoms with Crippen molar-refractivity contribution in [1.29, 1.82) is 0 Å². The van der Waals surface area contributed by atoms with Crippen molar-refractivity contribution in [2.24, 2.45) is 0 Å². The Morgan fingerprint density at radius 1 is 1.12 bits per heavy atom. The van der Waals surface area contributed by atoms with E-state index in [0.717, 1.165) is 12.1 Å². The Labute approximate surface area is 147 Å². The summed E-state index contributed by atoms with van der Waals surface area (Å²) in [6.45, 7) is 0.917. The van der Waals surface area contributed by atoms with Crippen LogP contribution in [-0.4, -0.2) is 26.2 Å². The number of hydrogen-bond donors (Lipinski definition) is 1. The number of hydrogen-bond acceptors (Lipinski definition) is 4. The number of carbonyl (C=O) groups excluding carboxylic acids is 1. The molecule has 0 aliphatic carbocycles. The van der Waals surface area contributed by atoms with Crippen molar-refractivity contribution in [3.05, 3.63) is 47.5 Å². The molecule has 0 saturated heterocycles. The monoisotopic (exact) mass is 367 g/mol. The number of fused-ring (bicyclic) bond motifs is 1. The van der Waals surface area contributed by atoms with Crippen molar-refractivity contribution in [3.8, 4) is 17.2 Å². The molecule has 1 heterocycles. The molecule has 3 rings (SSSR count). The largest absolute Gasteiger partial charge is 0.496 e. The Kier molecular flexibility index (Phi) is 4.92. The maximum Gasteiger partial charge on any atom is 0.416 e. The average molecular weight is 367 g/mol. The summed E-state index contributed by atoms with van der Waals surface area (Å²) in [4.78, 5) is 12.6. The Hall–Kier alpha value is -2.90. The molecular formula is C18H16F3NO4. The van der Waals surface area contributed by atoms with E-state index in [1.54, 1.807) is 0 Å². The van der Waals surface area contributed by atoms with Gasteiger partial charge in [0.1, 0.15) is 5.75 Å². The molecule has 0 atom stereocenters. The van der Waals surface area contributed by atoms with Crippen LogP contribution in [-0.2, 0) is 6.18 Å². The van der Waals surface area contributed by atoms with E-state index in [4.69, 9.17) is 14.2 Å². The molecule has 0 unspecified atom stereocenters. The number of amides is 1. The third kappa shape index (κ3) is 3.84. The van der Waals surface area contributed by atoms with Crippen LogP contribution >= 0.6 is 0 Å². The molecule has 2 aromatic carbocycles. The molecule has 26 heavy (non-hydrogen) atoms. The predicted octanol–water partition coefficient (Wildman–Crippen LogP) is 4.13. The lowest BCUT2D eigenvalue weighted by Gasteiger charge is -2.14. The number of methoxy groups -OCH3 is 1. The second-order valence-electron chi connectivity index (χ2n) is 5.58. The minimum Gasteiger partial charge on any atom is -0.496 e. The Balaban J connectivity index is 1.89. The summed E-state index contributed by atoms with van der Waals surface area (Å²) in [5.41, 5.74) is -0.686. The van der Waals surface area contributed by atoms with Gasteiger partial charge >= 0.3 is 6.18 Å². The number of nitrogens with one attached hydrogen (secondary N) is 1. The molecule has 138 valence electrons. The number of rotatable bonds is 3. The van der Waals surface area contributed by atoms with Gasteiger partial charge in [0.15, 0.2) is 11.5 Å². The van der Waals surface area contributed by atoms with Crippen molar-refractivity contribution in [2.45, 2.75) is 12.6 Å². The van der Waals surface area contributed by atoms with Crippen molar-refractivity contribution in [2.75, 3.05) is 25.6 Å². The van der Waals surface area contributed by atoms with Gasteiger partial charge in [0.2, 0.25) is 0 Å². The van der Waals surface area contributed by atoms with E-state index in [9.17, 15) is 18.0 Å². The Bertz CT molecular complexity index is 821. The third-order valence-electron chi connectivity index (χ3n) is 3.76. The minimum absolute atomic E-state index is 0.0268. The van der Waals surface area contributed by atoms with Gasteiger partial charge in [-0.05, 0) is 18.2 Å². The summed E-state index contributed by atoms with van der Waals surface area (Å²) in [5.74, 6) is 0.461. The van der Waals surface area contributed by atoms with Crippen LogP contribution in [0.1, 0.15) is 22.3 Å². The van der Waals surface area contributed by atoms with E-state index in [1.807, 2.05) is 0 Å². The van der Waals surface area contributed by atoms with E-state index in [1.165, 1.54) is 31.4 Å². The number of halogens is 3. The number of anilines is 1. The van der Waals surface area contributed by atoms with E-state index < -0.39 is 17.6 Å². The SMILES string of the molecule is COc1cc2c(cc1C(=O)Nc1cccc(C(F)(F)F)c1)OCCCO2. The Morgan fingerprint density at radius 2 is 1.81 bits per heavy atom. The van der Waals surface area contributed by atoms with Crippen molar-refractivity contribution in [1.82, 2.24) is 0 Å². The number of ether oxygens (including phenoxy) is 3. The first-order chi connectivity index (χ1) is 12.4. The highest BCUT2D eigenvalue weighted by Crippen LogP contribution is 2.37. The summed E-state index contributed by atoms with van der Waals surface area (Å²) in [6, 6.07) is 7.40. The summed E-state index contributed by atoms with van der Waals surface area (Å²) >= 11 is 0. The van der Waals surface area contributed by atoms with E-state index >= 15 is 0 Å². The zero-order valence-electron chi connectivity index (χ0n) is 13.9. The predicted molar refractivity (Wildman–Crippen MR) is 88.0 cm³/mol. The first kappa shape index (κ1) is 17.9. The van der Waals surface area contributed by atoms with Crippen LogP contribution < -0.4 is 19.5 Å². The number of alkyl halides is 3. The number of carbonyl (C=O) groups is 1. The van der Waals surface area contributed by atoms with Crippen LogP contribution in [0.15, 0.2) is 36.4 Å². The molecule has 1 N–H and O–H groups in total. The van der Waals surface area contributed by atoms with Crippen LogP contribution in [0.25, 0.3) is 0 Å². The topological polar surface area (TPSA) is 56.8 Å². The summed E-state index contributed by atoms with van der Waals surface area (Å²) in [7, 11) is 1.39. The lowest BCUT2D eigenvalue weighted by Crippen LogP contribution is -2.14. The smallest absolute Gasteiger partial charge is 0.416 e. The molecule has 2 aromatic rings. The number of benzene rings is 2. The molecule has 8 heteroatoms. The zero-order chi connectivity index (χ0) is 18.7. The highest BCUT2D eigenvalue weighted by atomic mass is 19.4. The van der Waals surface area contributed by atoms with Crippen LogP contribution in [0.4, 0.5) is 18.9 Å². The molecule has 1 aliphatic heterocycles. The van der Waals surface area contributed by atoms with E-state index in [0.29, 0.717) is 31.1 Å². The molecule has 1 amide bonds. The second-order valence-corrected chi connectivity index (χ2v) is 5.58. The maximum atomic E-state index is 12.8. The fraction of sp³-hybridized carbons (Fsp3) is 0.278. The van der Waals surface area contributed by atoms with E-state index in [-0.39, 0.29) is 17.0 Å². The molecule has 0 radical (unpaired) electrons. The average Bonchev–Trinajstić information content (AvgIpc) is 2.84. The fourth-order valence-electron chi connectivity index (χ4n) is 2.51. The molecule has 0 saturated carbocycles. The molecule has 0 spiro atoms. The standard InChI is InChI=1S/C18H16F3NO4/c1-24-14-10-16-15(25-6-3-7-26-16)9-13(14)17(23)22-12-5-2-4-11(8-12)18(19,20)21/h2,4-5,8-10H,3,6-7H2,1H3,(H,22,23). The van der Waals surface area contributed by atoms with Gasteiger partial charge in [-0.1, -0.05) is 6.07 Å². The van der Waals surface area contributed by atoms with Crippen LogP contribution in [0.3, 0.4) is 0 Å². The van der Waals surface area contributed by atoms with Crippen molar-refractivity contribution >= 4 is 11.6 Å². The van der Waals surface area contributed by atoms with Gasteiger partial charge in [-0.25, -0.2) is 0 Å². The fourth-order valence-corrected chi connectivity index (χ4v) is 2.51. The first-order valence-corrected chi connectivity index (χ1v) is 7.85. The van der Waals surface area contributed by atoms with Crippen LogP contribution in [0.5, 0.6) is 17.2 Å². The van der Waals surface area contributed by atoms with Gasteiger partial charge in [-0.15, -0.1) is 0 Å². The second kappa shape index (κ2) is 7.15. The van der Waals surface area contributed by atoms with E-state index in [2.05, 4.69) is 5.32 Å². The van der Waals surface area contributed by atoms with Crippen molar-refractivity contribution in [3.63, 3.8) is 0 Å². The lowest BCUT2D eigenvalue weighted by atomic mass is 10.1. The van der Waals surface area contributed by atoms with Gasteiger partial charge < -0.3 is 19.5 Å². The summed E-state index contributed by atoms with van der Waals surface area (Å²) in [6.07, 6.45) is -3.80. The summed E-state index contributed by atoms with van der Waals surface area (Å²) in [5, 5.41) is 2.45. The Morgan fingerprint density at radius 3 is 2.46 bits per heavy atom. The summed E-state index contributed by atoms with van der Waals surface area (Å²) < 4.78 is 54.7. The highest BCUT2D eigenvalue weighted by molar-refractivity contribution is 6.06. The molecular weight excluding hydrogens is 351 g/mol. The van der Waals surface area contributed by atoms with Crippen molar-refractivity contribution < 1.29 is 32.2 Å². The highest BCUT2D eigenvalue weighted by Gasteiger charge is 2.30. The van der Waals surface area contributed by atoms with Crippen LogP contribution in [0, 0.1) is 0 Å². The molecule has 1 aliphatic rings. The lowest BCUT2D eigenvalue weighted by molar-refractivity contribution is -0.137. The van der Waals surface area contributed by atoms with Gasteiger partial charge in [0, 0.05) is 24.2 Å². The molecule has 5 nitrogen and oxygen atoms in total. The maximum absolute atomic E-state index is 12.8. The molecule has 0 fully saturated rings. The van der Waals surface area contributed by atoms with Crippen LogP contribution in [0.2, 0.25) is 0 Å².